The molecule has 0 atom stereocenters. The van der Waals surface area contributed by atoms with Crippen LogP contribution in [-0.2, 0) is 6.54 Å². The monoisotopic (exact) mass is 242 g/mol. The minimum Gasteiger partial charge on any atom is -0.325 e. The molecule has 0 fully saturated rings. The van der Waals surface area contributed by atoms with E-state index in [2.05, 4.69) is 20.9 Å². The lowest BCUT2D eigenvalue weighted by molar-refractivity contribution is 0.991. The summed E-state index contributed by atoms with van der Waals surface area (Å²) in [6.07, 6.45) is 0. The summed E-state index contributed by atoms with van der Waals surface area (Å²) >= 11 is 4.89. The van der Waals surface area contributed by atoms with Crippen molar-refractivity contribution in [1.29, 1.82) is 0 Å². The SMILES string of the molecule is Cc1sc(Br)nc1CN.Cl. The third-order valence-corrected chi connectivity index (χ3v) is 2.52. The Hall–Kier alpha value is 0.360. The van der Waals surface area contributed by atoms with E-state index in [1.54, 1.807) is 11.3 Å². The van der Waals surface area contributed by atoms with Crippen molar-refractivity contribution in [3.8, 4) is 0 Å². The smallest absolute Gasteiger partial charge is 0.159 e. The molecule has 0 radical (unpaired) electrons. The molecule has 1 aromatic rings. The van der Waals surface area contributed by atoms with Gasteiger partial charge < -0.3 is 5.73 Å². The first-order chi connectivity index (χ1) is 4.24. The van der Waals surface area contributed by atoms with Crippen LogP contribution in [0.3, 0.4) is 0 Å². The van der Waals surface area contributed by atoms with E-state index in [4.69, 9.17) is 5.73 Å². The number of rotatable bonds is 1. The topological polar surface area (TPSA) is 38.9 Å². The summed E-state index contributed by atoms with van der Waals surface area (Å²) < 4.78 is 0.917. The summed E-state index contributed by atoms with van der Waals surface area (Å²) in [6.45, 7) is 2.55. The first kappa shape index (κ1) is 10.4. The molecule has 10 heavy (non-hydrogen) atoms. The highest BCUT2D eigenvalue weighted by atomic mass is 79.9. The molecule has 0 saturated carbocycles. The molecule has 0 aliphatic rings. The average molecular weight is 244 g/mol. The van der Waals surface area contributed by atoms with Crippen molar-refractivity contribution >= 4 is 39.7 Å². The number of nitrogens with zero attached hydrogens (tertiary/aromatic N) is 1. The second kappa shape index (κ2) is 4.28. The van der Waals surface area contributed by atoms with Crippen molar-refractivity contribution in [3.05, 3.63) is 14.5 Å². The quantitative estimate of drug-likeness (QED) is 0.820. The van der Waals surface area contributed by atoms with Crippen molar-refractivity contribution in [1.82, 2.24) is 4.98 Å². The number of hydrogen-bond acceptors (Lipinski definition) is 3. The number of aryl methyl sites for hydroxylation is 1. The van der Waals surface area contributed by atoms with Crippen LogP contribution in [0.1, 0.15) is 10.6 Å². The molecule has 2 N–H and O–H groups in total. The van der Waals surface area contributed by atoms with Gasteiger partial charge in [-0.05, 0) is 22.9 Å². The molecule has 0 amide bonds. The minimum atomic E-state index is 0. The Balaban J connectivity index is 0.000000810. The fourth-order valence-corrected chi connectivity index (χ4v) is 2.18. The van der Waals surface area contributed by atoms with E-state index >= 15 is 0 Å². The highest BCUT2D eigenvalue weighted by Gasteiger charge is 2.01. The highest BCUT2D eigenvalue weighted by Crippen LogP contribution is 2.21. The van der Waals surface area contributed by atoms with Crippen LogP contribution >= 0.6 is 39.7 Å². The molecular formula is C5H8BrClN2S. The molecular weight excluding hydrogens is 235 g/mol. The molecule has 0 aliphatic heterocycles. The molecule has 0 aromatic carbocycles. The Morgan fingerprint density at radius 1 is 1.70 bits per heavy atom. The fraction of sp³-hybridized carbons (Fsp3) is 0.400. The Kier molecular flexibility index (Phi) is 4.44. The van der Waals surface area contributed by atoms with Crippen molar-refractivity contribution in [2.24, 2.45) is 5.73 Å². The van der Waals surface area contributed by atoms with Crippen LogP contribution in [0.5, 0.6) is 0 Å². The van der Waals surface area contributed by atoms with E-state index in [9.17, 15) is 0 Å². The van der Waals surface area contributed by atoms with Gasteiger partial charge in [0.05, 0.1) is 5.69 Å². The Morgan fingerprint density at radius 2 is 2.30 bits per heavy atom. The van der Waals surface area contributed by atoms with Crippen LogP contribution < -0.4 is 5.73 Å². The van der Waals surface area contributed by atoms with Crippen LogP contribution in [0.25, 0.3) is 0 Å². The standard InChI is InChI=1S/C5H7BrN2S.ClH/c1-3-4(2-7)8-5(6)9-3;/h2,7H2,1H3;1H. The van der Waals surface area contributed by atoms with Gasteiger partial charge in [0.25, 0.3) is 0 Å². The maximum atomic E-state index is 5.39. The second-order valence-electron chi connectivity index (χ2n) is 1.67. The van der Waals surface area contributed by atoms with Crippen molar-refractivity contribution in [2.75, 3.05) is 0 Å². The maximum absolute atomic E-state index is 5.39. The fourth-order valence-electron chi connectivity index (χ4n) is 0.582. The summed E-state index contributed by atoms with van der Waals surface area (Å²) in [7, 11) is 0. The van der Waals surface area contributed by atoms with E-state index < -0.39 is 0 Å². The van der Waals surface area contributed by atoms with E-state index in [0.29, 0.717) is 6.54 Å². The largest absolute Gasteiger partial charge is 0.325 e. The van der Waals surface area contributed by atoms with Crippen LogP contribution in [-0.4, -0.2) is 4.98 Å². The van der Waals surface area contributed by atoms with Crippen LogP contribution in [0, 0.1) is 6.92 Å². The molecule has 1 heterocycles. The molecule has 0 spiro atoms. The zero-order chi connectivity index (χ0) is 6.85. The molecule has 1 rings (SSSR count). The zero-order valence-electron chi connectivity index (χ0n) is 5.43. The third-order valence-electron chi connectivity index (χ3n) is 1.06. The summed E-state index contributed by atoms with van der Waals surface area (Å²) in [6, 6.07) is 0. The first-order valence-corrected chi connectivity index (χ1v) is 4.17. The molecule has 0 bridgehead atoms. The van der Waals surface area contributed by atoms with Crippen molar-refractivity contribution < 1.29 is 0 Å². The minimum absolute atomic E-state index is 0. The number of aromatic nitrogens is 1. The van der Waals surface area contributed by atoms with Gasteiger partial charge in [0, 0.05) is 11.4 Å². The zero-order valence-corrected chi connectivity index (χ0v) is 8.65. The van der Waals surface area contributed by atoms with E-state index in [1.165, 1.54) is 4.88 Å². The van der Waals surface area contributed by atoms with Crippen LogP contribution in [0.4, 0.5) is 0 Å². The van der Waals surface area contributed by atoms with E-state index in [1.807, 2.05) is 6.92 Å². The Morgan fingerprint density at radius 3 is 2.50 bits per heavy atom. The van der Waals surface area contributed by atoms with E-state index in [0.717, 1.165) is 9.61 Å². The average Bonchev–Trinajstić information content (AvgIpc) is 2.10. The van der Waals surface area contributed by atoms with Crippen molar-refractivity contribution in [2.45, 2.75) is 13.5 Å². The first-order valence-electron chi connectivity index (χ1n) is 2.56. The maximum Gasteiger partial charge on any atom is 0.159 e. The molecule has 5 heteroatoms. The lowest BCUT2D eigenvalue weighted by Crippen LogP contribution is -1.97. The predicted molar refractivity (Wildman–Crippen MR) is 49.7 cm³/mol. The molecule has 1 aromatic heterocycles. The molecule has 2 nitrogen and oxygen atoms in total. The molecule has 0 unspecified atom stereocenters. The van der Waals surface area contributed by atoms with Crippen LogP contribution in [0.15, 0.2) is 3.92 Å². The summed E-state index contributed by atoms with van der Waals surface area (Å²) in [5.41, 5.74) is 6.38. The van der Waals surface area contributed by atoms with Gasteiger partial charge in [-0.15, -0.1) is 23.7 Å². The van der Waals surface area contributed by atoms with Gasteiger partial charge in [-0.1, -0.05) is 0 Å². The summed E-state index contributed by atoms with van der Waals surface area (Å²) in [5.74, 6) is 0. The van der Waals surface area contributed by atoms with Gasteiger partial charge in [0.1, 0.15) is 0 Å². The number of hydrogen-bond donors (Lipinski definition) is 1. The molecule has 0 aliphatic carbocycles. The number of halogens is 2. The Labute approximate surface area is 78.4 Å². The lowest BCUT2D eigenvalue weighted by Gasteiger charge is -1.86. The van der Waals surface area contributed by atoms with Gasteiger partial charge in [-0.2, -0.15) is 0 Å². The molecule has 58 valence electrons. The highest BCUT2D eigenvalue weighted by molar-refractivity contribution is 9.11. The second-order valence-corrected chi connectivity index (χ2v) is 4.15. The van der Waals surface area contributed by atoms with Gasteiger partial charge in [0.2, 0.25) is 0 Å². The van der Waals surface area contributed by atoms with Gasteiger partial charge in [-0.25, -0.2) is 4.98 Å². The summed E-state index contributed by atoms with van der Waals surface area (Å²) in [4.78, 5) is 5.34. The lowest BCUT2D eigenvalue weighted by atomic mass is 10.4. The number of thiazole rings is 1. The van der Waals surface area contributed by atoms with Gasteiger partial charge >= 0.3 is 0 Å². The number of nitrogens with two attached hydrogens (primary N) is 1. The normalized spacial score (nSPS) is 9.10. The summed E-state index contributed by atoms with van der Waals surface area (Å²) in [5, 5.41) is 0. The van der Waals surface area contributed by atoms with Gasteiger partial charge in [-0.3, -0.25) is 0 Å². The van der Waals surface area contributed by atoms with Crippen LogP contribution in [0.2, 0.25) is 0 Å². The molecule has 0 saturated heterocycles. The third kappa shape index (κ3) is 2.20. The Bertz CT molecular complexity index is 213. The predicted octanol–water partition coefficient (Wildman–Crippen LogP) is 2.09. The van der Waals surface area contributed by atoms with Gasteiger partial charge in [0.15, 0.2) is 3.92 Å². The van der Waals surface area contributed by atoms with Crippen molar-refractivity contribution in [3.63, 3.8) is 0 Å². The van der Waals surface area contributed by atoms with E-state index in [-0.39, 0.29) is 12.4 Å².